The highest BCUT2D eigenvalue weighted by atomic mass is 31.2. The number of rotatable bonds is 82. The van der Waals surface area contributed by atoms with Crippen molar-refractivity contribution < 1.29 is 80.2 Å². The number of hydrogen-bond donors (Lipinski definition) is 3. The molecular formula is C86H164O17P2. The summed E-state index contributed by atoms with van der Waals surface area (Å²) in [6, 6.07) is 0. The second-order valence-corrected chi connectivity index (χ2v) is 34.3. The largest absolute Gasteiger partial charge is 0.472 e. The molecule has 620 valence electrons. The van der Waals surface area contributed by atoms with Gasteiger partial charge < -0.3 is 33.8 Å². The van der Waals surface area contributed by atoms with Crippen LogP contribution in [0.1, 0.15) is 427 Å². The van der Waals surface area contributed by atoms with Crippen LogP contribution in [0.3, 0.4) is 0 Å². The van der Waals surface area contributed by atoms with Crippen molar-refractivity contribution in [2.75, 3.05) is 39.6 Å². The smallest absolute Gasteiger partial charge is 0.462 e. The van der Waals surface area contributed by atoms with Gasteiger partial charge in [0.1, 0.15) is 19.3 Å². The third-order valence-corrected chi connectivity index (χ3v) is 21.8. The quantitative estimate of drug-likeness (QED) is 0.0169. The minimum absolute atomic E-state index is 0.0842. The highest BCUT2D eigenvalue weighted by Gasteiger charge is 2.30. The molecule has 0 radical (unpaired) electrons. The molecule has 3 N–H and O–H groups in total. The lowest BCUT2D eigenvalue weighted by molar-refractivity contribution is -0.161. The summed E-state index contributed by atoms with van der Waals surface area (Å²) in [6.45, 7) is 11.9. The lowest BCUT2D eigenvalue weighted by atomic mass is 10.00. The van der Waals surface area contributed by atoms with Crippen molar-refractivity contribution in [2.45, 2.75) is 446 Å². The van der Waals surface area contributed by atoms with Gasteiger partial charge in [0.2, 0.25) is 0 Å². The van der Waals surface area contributed by atoms with E-state index in [2.05, 4.69) is 72.8 Å². The molecule has 0 aromatic carbocycles. The van der Waals surface area contributed by atoms with Crippen LogP contribution in [0.5, 0.6) is 0 Å². The minimum Gasteiger partial charge on any atom is -0.462 e. The van der Waals surface area contributed by atoms with E-state index < -0.39 is 97.5 Å². The predicted molar refractivity (Wildman–Crippen MR) is 432 cm³/mol. The maximum absolute atomic E-state index is 13.1. The van der Waals surface area contributed by atoms with Crippen LogP contribution >= 0.6 is 15.6 Å². The molecular weight excluding hydrogens is 1370 g/mol. The Morgan fingerprint density at radius 2 is 0.562 bits per heavy atom. The van der Waals surface area contributed by atoms with Gasteiger partial charge in [0.05, 0.1) is 26.4 Å². The number of phosphoric acid groups is 2. The number of carbonyl (C=O) groups is 4. The van der Waals surface area contributed by atoms with Gasteiger partial charge in [-0.15, -0.1) is 0 Å². The SMILES string of the molecule is CCCCCC/C=C\C=C/CCCCCCCC(=O)O[C@H](COC(=O)CCCCCCCCC(C)CC)COP(=O)(O)OC[C@H](O)COP(=O)(O)OC[C@@H](COC(=O)CCCCCCCCCCCCCCCCCCCCC(C)C)OC(=O)CCCCCCCCCCCCCCCCCCC(C)C. The van der Waals surface area contributed by atoms with E-state index in [1.54, 1.807) is 0 Å². The van der Waals surface area contributed by atoms with Gasteiger partial charge in [-0.3, -0.25) is 37.3 Å². The van der Waals surface area contributed by atoms with Gasteiger partial charge in [-0.05, 0) is 69.1 Å². The zero-order valence-electron chi connectivity index (χ0n) is 68.7. The molecule has 6 atom stereocenters. The maximum atomic E-state index is 13.1. The molecule has 105 heavy (non-hydrogen) atoms. The normalized spacial score (nSPS) is 14.3. The minimum atomic E-state index is -4.97. The van der Waals surface area contributed by atoms with Gasteiger partial charge in [-0.25, -0.2) is 9.13 Å². The molecule has 0 amide bonds. The molecule has 0 aliphatic rings. The second-order valence-electron chi connectivity index (χ2n) is 31.4. The Bertz CT molecular complexity index is 2120. The topological polar surface area (TPSA) is 237 Å². The van der Waals surface area contributed by atoms with Crippen molar-refractivity contribution in [1.82, 2.24) is 0 Å². The number of aliphatic hydroxyl groups excluding tert-OH is 1. The van der Waals surface area contributed by atoms with Crippen molar-refractivity contribution in [3.05, 3.63) is 24.3 Å². The van der Waals surface area contributed by atoms with E-state index in [1.807, 2.05) is 0 Å². The Hall–Kier alpha value is -2.46. The molecule has 0 aliphatic carbocycles. The highest BCUT2D eigenvalue weighted by molar-refractivity contribution is 7.47. The molecule has 19 heteroatoms. The molecule has 17 nitrogen and oxygen atoms in total. The standard InChI is InChI=1S/C86H164O17P2/c1-8-10-11-12-13-14-15-16-23-31-36-41-46-55-62-70-86(91)103-82(74-97-84(89)68-61-54-49-48-52-59-66-79(7)9-2)76-101-105(94,95)99-72-80(87)71-98-104(92,93)100-75-81(102-85(90)69-63-56-47-42-37-32-27-22-21-25-29-34-39-44-51-58-65-78(5)6)73-96-83(88)67-60-53-45-40-35-30-26-20-18-17-19-24-28-33-38-43-50-57-64-77(3)4/h14-16,23,77-82,87H,8-13,17-22,24-76H2,1-7H3,(H,92,93)(H,94,95)/b15-14-,23-16-/t79?,80-,81-,82-/m1/s1. The van der Waals surface area contributed by atoms with Crippen LogP contribution < -0.4 is 0 Å². The summed E-state index contributed by atoms with van der Waals surface area (Å²) in [5.41, 5.74) is 0. The Morgan fingerprint density at radius 3 is 0.848 bits per heavy atom. The third kappa shape index (κ3) is 78.0. The van der Waals surface area contributed by atoms with E-state index in [0.29, 0.717) is 25.7 Å². The lowest BCUT2D eigenvalue weighted by Crippen LogP contribution is -2.30. The summed E-state index contributed by atoms with van der Waals surface area (Å²) in [7, 11) is -9.94. The lowest BCUT2D eigenvalue weighted by Gasteiger charge is -2.21. The summed E-state index contributed by atoms with van der Waals surface area (Å²) in [4.78, 5) is 73.2. The molecule has 0 heterocycles. The van der Waals surface area contributed by atoms with Gasteiger partial charge in [-0.1, -0.05) is 375 Å². The summed E-state index contributed by atoms with van der Waals surface area (Å²) >= 11 is 0. The predicted octanol–water partition coefficient (Wildman–Crippen LogP) is 25.6. The number of esters is 4. The average Bonchev–Trinajstić information content (AvgIpc) is 0.910. The van der Waals surface area contributed by atoms with E-state index in [9.17, 15) is 43.2 Å². The molecule has 0 fully saturated rings. The van der Waals surface area contributed by atoms with E-state index in [1.165, 1.54) is 218 Å². The average molecular weight is 1530 g/mol. The summed E-state index contributed by atoms with van der Waals surface area (Å²) in [6.07, 6.45) is 68.9. The zero-order chi connectivity index (χ0) is 77.2. The number of ether oxygens (including phenoxy) is 4. The van der Waals surface area contributed by atoms with Crippen molar-refractivity contribution in [2.24, 2.45) is 17.8 Å². The van der Waals surface area contributed by atoms with E-state index in [4.69, 9.17) is 37.0 Å². The molecule has 0 spiro atoms. The van der Waals surface area contributed by atoms with E-state index in [0.717, 1.165) is 127 Å². The molecule has 0 aromatic rings. The van der Waals surface area contributed by atoms with Crippen molar-refractivity contribution in [3.63, 3.8) is 0 Å². The number of unbranched alkanes of at least 4 members (excludes halogenated alkanes) is 46. The van der Waals surface area contributed by atoms with Gasteiger partial charge in [0, 0.05) is 25.7 Å². The maximum Gasteiger partial charge on any atom is 0.472 e. The Kier molecular flexibility index (Phi) is 73.8. The zero-order valence-corrected chi connectivity index (χ0v) is 70.5. The first-order chi connectivity index (χ1) is 50.8. The van der Waals surface area contributed by atoms with E-state index >= 15 is 0 Å². The molecule has 0 aliphatic heterocycles. The fraction of sp³-hybridized carbons (Fsp3) is 0.907. The van der Waals surface area contributed by atoms with Gasteiger partial charge >= 0.3 is 39.5 Å². The molecule has 3 unspecified atom stereocenters. The van der Waals surface area contributed by atoms with Crippen LogP contribution in [0, 0.1) is 17.8 Å². The van der Waals surface area contributed by atoms with Crippen molar-refractivity contribution >= 4 is 39.5 Å². The number of hydrogen-bond acceptors (Lipinski definition) is 15. The fourth-order valence-corrected chi connectivity index (χ4v) is 14.4. The van der Waals surface area contributed by atoms with Crippen LogP contribution in [-0.4, -0.2) is 96.7 Å². The molecule has 0 aromatic heterocycles. The number of carbonyl (C=O) groups excluding carboxylic acids is 4. The monoisotopic (exact) mass is 1530 g/mol. The Morgan fingerprint density at radius 1 is 0.314 bits per heavy atom. The van der Waals surface area contributed by atoms with Crippen LogP contribution in [0.2, 0.25) is 0 Å². The van der Waals surface area contributed by atoms with Gasteiger partial charge in [0.15, 0.2) is 12.2 Å². The Balaban J connectivity index is 5.25. The van der Waals surface area contributed by atoms with Crippen LogP contribution in [-0.2, 0) is 65.4 Å². The third-order valence-electron chi connectivity index (χ3n) is 19.9. The number of aliphatic hydroxyl groups is 1. The van der Waals surface area contributed by atoms with Gasteiger partial charge in [-0.2, -0.15) is 0 Å². The number of allylic oxidation sites excluding steroid dienone is 4. The van der Waals surface area contributed by atoms with Crippen molar-refractivity contribution in [1.29, 1.82) is 0 Å². The first-order valence-corrected chi connectivity index (χ1v) is 46.7. The summed E-state index contributed by atoms with van der Waals surface area (Å²) < 4.78 is 68.8. The highest BCUT2D eigenvalue weighted by Crippen LogP contribution is 2.45. The molecule has 0 bridgehead atoms. The first kappa shape index (κ1) is 103. The first-order valence-electron chi connectivity index (χ1n) is 43.7. The fourth-order valence-electron chi connectivity index (χ4n) is 12.8. The molecule has 0 saturated heterocycles. The molecule has 0 saturated carbocycles. The second kappa shape index (κ2) is 75.6. The van der Waals surface area contributed by atoms with Crippen LogP contribution in [0.4, 0.5) is 0 Å². The van der Waals surface area contributed by atoms with Crippen LogP contribution in [0.25, 0.3) is 0 Å². The number of phosphoric ester groups is 2. The summed E-state index contributed by atoms with van der Waals surface area (Å²) in [5.74, 6) is 0.220. The van der Waals surface area contributed by atoms with Crippen molar-refractivity contribution in [3.8, 4) is 0 Å². The van der Waals surface area contributed by atoms with Gasteiger partial charge in [0.25, 0.3) is 0 Å². The summed E-state index contributed by atoms with van der Waals surface area (Å²) in [5, 5.41) is 10.7. The van der Waals surface area contributed by atoms with Crippen LogP contribution in [0.15, 0.2) is 24.3 Å². The Labute approximate surface area is 643 Å². The molecule has 0 rings (SSSR count). The van der Waals surface area contributed by atoms with E-state index in [-0.39, 0.29) is 25.7 Å².